The minimum atomic E-state index is -1.04. The van der Waals surface area contributed by atoms with E-state index in [2.05, 4.69) is 16.0 Å². The summed E-state index contributed by atoms with van der Waals surface area (Å²) in [6.07, 6.45) is 1.39. The number of ether oxygens (including phenoxy) is 6. The van der Waals surface area contributed by atoms with Crippen LogP contribution >= 0.6 is 23.2 Å². The smallest absolute Gasteiger partial charge is 0.271 e. The van der Waals surface area contributed by atoms with Gasteiger partial charge in [-0.2, -0.15) is 0 Å². The standard InChI is InChI=1S/C51H62Cl2FN9O13/c1-30-27-61(49(68)32-6-8-33(9-7-32)59-47(66)38(55)26-41(46(56)57)76-29-35-36(52)10-11-37(54)45(35)53)28-31(2)62(30)43(65)14-16-71-18-20-73-22-24-75-25-23-74-21-19-72-17-15-58-39-5-3-4-34-44(39)51(70)63(50(34)69)40-12-13-42(64)60-48(40)67/h3-11,26,30-31,40,58H,12-25,27-29,55-57H2,1-2H3,(H,59,66)(H,60,64,67)/b38-26-/t30-,31+,40?. The van der Waals surface area contributed by atoms with Crippen molar-refractivity contribution in [3.63, 3.8) is 0 Å². The third kappa shape index (κ3) is 15.6. The van der Waals surface area contributed by atoms with E-state index < -0.39 is 41.4 Å². The molecule has 7 amide bonds. The Labute approximate surface area is 448 Å². The lowest BCUT2D eigenvalue weighted by Gasteiger charge is -2.44. The molecule has 25 heteroatoms. The molecule has 0 saturated carbocycles. The van der Waals surface area contributed by atoms with Gasteiger partial charge in [0, 0.05) is 71.7 Å². The predicted molar refractivity (Wildman–Crippen MR) is 276 cm³/mol. The van der Waals surface area contributed by atoms with Crippen LogP contribution in [0.3, 0.4) is 0 Å². The van der Waals surface area contributed by atoms with Crippen LogP contribution in [0.25, 0.3) is 0 Å². The number of nitrogens with zero attached hydrogens (tertiary/aromatic N) is 3. The van der Waals surface area contributed by atoms with E-state index in [0.717, 1.165) is 17.0 Å². The van der Waals surface area contributed by atoms with Gasteiger partial charge in [-0.15, -0.1) is 0 Å². The molecule has 6 rings (SSSR count). The number of benzene rings is 3. The summed E-state index contributed by atoms with van der Waals surface area (Å²) >= 11 is 12.1. The van der Waals surface area contributed by atoms with E-state index in [4.69, 9.17) is 68.8 Å². The van der Waals surface area contributed by atoms with Gasteiger partial charge < -0.3 is 66.1 Å². The molecule has 3 aliphatic rings. The van der Waals surface area contributed by atoms with Crippen LogP contribution in [0.4, 0.5) is 15.8 Å². The van der Waals surface area contributed by atoms with Gasteiger partial charge in [0.2, 0.25) is 17.7 Å². The number of allylic oxidation sites excluding steroid dienone is 1. The van der Waals surface area contributed by atoms with Crippen molar-refractivity contribution in [3.8, 4) is 0 Å². The maximum absolute atomic E-state index is 13.9. The SMILES string of the molecule is C[C@@H]1CN(C(=O)c2ccc(NC(=O)/C(N)=C/C(OCc3c(Cl)ccc(F)c3Cl)=C(N)N)cc2)C[C@H](C)N1C(=O)CCOCCOCCOCCOCCOCCNc1cccc2c1C(=O)N(C1CCC(=O)NC1=O)C2=O. The average Bonchev–Trinajstić information content (AvgIpc) is 3.67. The van der Waals surface area contributed by atoms with Crippen LogP contribution in [0.15, 0.2) is 78.0 Å². The summed E-state index contributed by atoms with van der Waals surface area (Å²) in [4.78, 5) is 94.2. The van der Waals surface area contributed by atoms with Crippen molar-refractivity contribution in [2.75, 3.05) is 96.3 Å². The number of fused-ring (bicyclic) bond motifs is 1. The molecule has 3 atom stereocenters. The molecule has 0 radical (unpaired) electrons. The van der Waals surface area contributed by atoms with Gasteiger partial charge >= 0.3 is 0 Å². The van der Waals surface area contributed by atoms with E-state index >= 15 is 0 Å². The Morgan fingerprint density at radius 2 is 1.39 bits per heavy atom. The first-order valence-corrected chi connectivity index (χ1v) is 25.2. The molecule has 3 aromatic rings. The van der Waals surface area contributed by atoms with Crippen LogP contribution in [0.2, 0.25) is 10.0 Å². The molecular weight excluding hydrogens is 1040 g/mol. The van der Waals surface area contributed by atoms with Crippen molar-refractivity contribution < 1.29 is 66.4 Å². The molecule has 410 valence electrons. The minimum absolute atomic E-state index is 0.0426. The largest absolute Gasteiger partial charge is 0.485 e. The number of nitrogens with two attached hydrogens (primary N) is 3. The van der Waals surface area contributed by atoms with Gasteiger partial charge in [-0.1, -0.05) is 29.3 Å². The summed E-state index contributed by atoms with van der Waals surface area (Å²) in [5.74, 6) is -4.49. The number of halogens is 3. The number of piperidine rings is 1. The Bertz CT molecular complexity index is 2660. The van der Waals surface area contributed by atoms with Gasteiger partial charge in [0.05, 0.1) is 88.6 Å². The highest BCUT2D eigenvalue weighted by molar-refractivity contribution is 6.36. The molecule has 3 aromatic carbocycles. The van der Waals surface area contributed by atoms with Gasteiger partial charge in [0.25, 0.3) is 23.6 Å². The van der Waals surface area contributed by atoms with Crippen molar-refractivity contribution >= 4 is 75.9 Å². The van der Waals surface area contributed by atoms with Crippen molar-refractivity contribution in [2.45, 2.75) is 57.8 Å². The second-order valence-electron chi connectivity index (χ2n) is 17.7. The molecule has 2 saturated heterocycles. The number of imide groups is 2. The predicted octanol–water partition coefficient (Wildman–Crippen LogP) is 3.26. The monoisotopic (exact) mass is 1100 g/mol. The van der Waals surface area contributed by atoms with Crippen LogP contribution < -0.4 is 33.2 Å². The molecule has 0 aromatic heterocycles. The zero-order valence-electron chi connectivity index (χ0n) is 42.0. The number of rotatable bonds is 27. The minimum Gasteiger partial charge on any atom is -0.485 e. The number of hydrogen-bond donors (Lipinski definition) is 6. The molecular formula is C51H62Cl2FN9O13. The summed E-state index contributed by atoms with van der Waals surface area (Å²) < 4.78 is 47.4. The van der Waals surface area contributed by atoms with Crippen LogP contribution in [0, 0.1) is 5.82 Å². The zero-order chi connectivity index (χ0) is 54.9. The quantitative estimate of drug-likeness (QED) is 0.0159. The van der Waals surface area contributed by atoms with Crippen LogP contribution in [0.1, 0.15) is 69.7 Å². The first kappa shape index (κ1) is 58.4. The topological polar surface area (TPSA) is 299 Å². The van der Waals surface area contributed by atoms with Crippen molar-refractivity contribution in [3.05, 3.63) is 116 Å². The van der Waals surface area contributed by atoms with Crippen LogP contribution in [-0.2, 0) is 54.2 Å². The molecule has 0 aliphatic carbocycles. The summed E-state index contributed by atoms with van der Waals surface area (Å²) in [7, 11) is 0. The number of carbonyl (C=O) groups is 7. The van der Waals surface area contributed by atoms with E-state index in [1.165, 1.54) is 12.1 Å². The molecule has 2 fully saturated rings. The molecule has 3 heterocycles. The Morgan fingerprint density at radius 1 is 0.789 bits per heavy atom. The molecule has 0 bridgehead atoms. The second kappa shape index (κ2) is 28.3. The summed E-state index contributed by atoms with van der Waals surface area (Å²) in [6, 6.07) is 12.0. The van der Waals surface area contributed by atoms with E-state index in [1.54, 1.807) is 46.2 Å². The fourth-order valence-electron chi connectivity index (χ4n) is 8.52. The Kier molecular flexibility index (Phi) is 21.8. The summed E-state index contributed by atoms with van der Waals surface area (Å²) in [5.41, 5.74) is 18.8. The number of hydrogen-bond acceptors (Lipinski definition) is 17. The van der Waals surface area contributed by atoms with Crippen molar-refractivity contribution in [2.24, 2.45) is 17.2 Å². The maximum Gasteiger partial charge on any atom is 0.271 e. The van der Waals surface area contributed by atoms with Crippen molar-refractivity contribution in [1.29, 1.82) is 0 Å². The Balaban J connectivity index is 0.770. The first-order valence-electron chi connectivity index (χ1n) is 24.4. The fourth-order valence-corrected chi connectivity index (χ4v) is 9.00. The van der Waals surface area contributed by atoms with E-state index in [-0.39, 0.29) is 100 Å². The Hall–Kier alpha value is -6.86. The summed E-state index contributed by atoms with van der Waals surface area (Å²) in [6.45, 7) is 7.63. The first-order chi connectivity index (χ1) is 36.5. The molecule has 0 spiro atoms. The lowest BCUT2D eigenvalue weighted by atomic mass is 10.0. The highest BCUT2D eigenvalue weighted by atomic mass is 35.5. The van der Waals surface area contributed by atoms with Gasteiger partial charge in [0.15, 0.2) is 5.76 Å². The number of piperazine rings is 1. The molecule has 76 heavy (non-hydrogen) atoms. The van der Waals surface area contributed by atoms with E-state index in [0.29, 0.717) is 96.0 Å². The Morgan fingerprint density at radius 3 is 2.00 bits per heavy atom. The van der Waals surface area contributed by atoms with E-state index in [1.807, 2.05) is 13.8 Å². The molecule has 9 N–H and O–H groups in total. The normalized spacial score (nSPS) is 17.6. The van der Waals surface area contributed by atoms with Crippen LogP contribution in [-0.4, -0.2) is 160 Å². The highest BCUT2D eigenvalue weighted by Gasteiger charge is 2.45. The lowest BCUT2D eigenvalue weighted by molar-refractivity contribution is -0.140. The third-order valence-corrected chi connectivity index (χ3v) is 13.0. The average molecular weight is 1100 g/mol. The van der Waals surface area contributed by atoms with E-state index in [9.17, 15) is 38.0 Å². The molecule has 22 nitrogen and oxygen atoms in total. The van der Waals surface area contributed by atoms with Gasteiger partial charge in [-0.05, 0) is 68.8 Å². The van der Waals surface area contributed by atoms with Gasteiger partial charge in [-0.25, -0.2) is 4.39 Å². The second-order valence-corrected chi connectivity index (χ2v) is 18.5. The third-order valence-electron chi connectivity index (χ3n) is 12.2. The zero-order valence-corrected chi connectivity index (χ0v) is 43.6. The number of anilines is 2. The number of amides is 7. The van der Waals surface area contributed by atoms with Crippen LogP contribution in [0.5, 0.6) is 0 Å². The highest BCUT2D eigenvalue weighted by Crippen LogP contribution is 2.33. The maximum atomic E-state index is 13.9. The molecule has 1 unspecified atom stereocenters. The number of nitrogens with one attached hydrogen (secondary N) is 3. The summed E-state index contributed by atoms with van der Waals surface area (Å²) in [5, 5.41) is 7.84. The lowest BCUT2D eigenvalue weighted by Crippen LogP contribution is -2.59. The van der Waals surface area contributed by atoms with Crippen molar-refractivity contribution in [1.82, 2.24) is 20.0 Å². The number of carbonyl (C=O) groups excluding carboxylic acids is 7. The van der Waals surface area contributed by atoms with Gasteiger partial charge in [0.1, 0.15) is 30.0 Å². The van der Waals surface area contributed by atoms with Gasteiger partial charge in [-0.3, -0.25) is 43.8 Å². The fraction of sp³-hybridized carbons (Fsp3) is 0.431. The molecule has 3 aliphatic heterocycles.